The van der Waals surface area contributed by atoms with Gasteiger partial charge in [-0.15, -0.1) is 0 Å². The highest BCUT2D eigenvalue weighted by atomic mass is 16.6. The Morgan fingerprint density at radius 1 is 1.45 bits per heavy atom. The van der Waals surface area contributed by atoms with Crippen LogP contribution in [0.4, 0.5) is 4.79 Å². The Kier molecular flexibility index (Phi) is 5.40. The summed E-state index contributed by atoms with van der Waals surface area (Å²) in [6.45, 7) is 8.88. The number of carbonyl (C=O) groups is 1. The predicted octanol–water partition coefficient (Wildman–Crippen LogP) is 3.56. The van der Waals surface area contributed by atoms with Crippen molar-refractivity contribution in [3.8, 4) is 0 Å². The minimum atomic E-state index is -0.466. The summed E-state index contributed by atoms with van der Waals surface area (Å²) in [5.41, 5.74) is 0.441. The monoisotopic (exact) mass is 306 g/mol. The fraction of sp³-hybridized carbons (Fsp3) is 0.647. The molecule has 5 heteroatoms. The zero-order valence-corrected chi connectivity index (χ0v) is 13.9. The number of aromatic nitrogens is 1. The second-order valence-corrected chi connectivity index (χ2v) is 6.70. The molecule has 22 heavy (non-hydrogen) atoms. The molecule has 1 fully saturated rings. The van der Waals surface area contributed by atoms with Crippen LogP contribution in [0.15, 0.2) is 24.4 Å². The minimum Gasteiger partial charge on any atom is -0.444 e. The van der Waals surface area contributed by atoms with Gasteiger partial charge in [0.15, 0.2) is 0 Å². The molecule has 0 radical (unpaired) electrons. The number of carbonyl (C=O) groups excluding carboxylic acids is 1. The van der Waals surface area contributed by atoms with Gasteiger partial charge in [-0.25, -0.2) is 4.79 Å². The SMILES string of the molecule is C[C@@H](OC[C@@H]1CCCN1C(=O)OC(C)(C)C)c1ccccn1. The van der Waals surface area contributed by atoms with Crippen LogP contribution < -0.4 is 0 Å². The Hall–Kier alpha value is -1.62. The molecule has 0 aliphatic carbocycles. The number of amides is 1. The molecular formula is C17H26N2O3. The van der Waals surface area contributed by atoms with Crippen LogP contribution in [0.2, 0.25) is 0 Å². The Morgan fingerprint density at radius 2 is 2.23 bits per heavy atom. The quantitative estimate of drug-likeness (QED) is 0.853. The van der Waals surface area contributed by atoms with Gasteiger partial charge in [-0.2, -0.15) is 0 Å². The smallest absolute Gasteiger partial charge is 0.410 e. The fourth-order valence-corrected chi connectivity index (χ4v) is 2.53. The van der Waals surface area contributed by atoms with Crippen LogP contribution >= 0.6 is 0 Å². The minimum absolute atomic E-state index is 0.0812. The number of likely N-dealkylation sites (tertiary alicyclic amines) is 1. The number of hydrogen-bond acceptors (Lipinski definition) is 4. The molecule has 0 aromatic carbocycles. The van der Waals surface area contributed by atoms with Crippen LogP contribution in [-0.2, 0) is 9.47 Å². The van der Waals surface area contributed by atoms with Crippen molar-refractivity contribution in [3.63, 3.8) is 0 Å². The van der Waals surface area contributed by atoms with E-state index in [9.17, 15) is 4.79 Å². The van der Waals surface area contributed by atoms with Gasteiger partial charge in [0.2, 0.25) is 0 Å². The van der Waals surface area contributed by atoms with E-state index in [1.54, 1.807) is 11.1 Å². The van der Waals surface area contributed by atoms with Gasteiger partial charge in [0.05, 0.1) is 24.4 Å². The zero-order chi connectivity index (χ0) is 16.2. The van der Waals surface area contributed by atoms with E-state index in [-0.39, 0.29) is 18.2 Å². The summed E-state index contributed by atoms with van der Waals surface area (Å²) in [6, 6.07) is 5.87. The van der Waals surface area contributed by atoms with Gasteiger partial charge in [0, 0.05) is 12.7 Å². The fourth-order valence-electron chi connectivity index (χ4n) is 2.53. The molecule has 2 rings (SSSR count). The summed E-state index contributed by atoms with van der Waals surface area (Å²) in [4.78, 5) is 18.3. The van der Waals surface area contributed by atoms with Crippen molar-refractivity contribution in [1.29, 1.82) is 0 Å². The van der Waals surface area contributed by atoms with Crippen molar-refractivity contribution >= 4 is 6.09 Å². The van der Waals surface area contributed by atoms with Crippen molar-refractivity contribution in [2.75, 3.05) is 13.2 Å². The van der Waals surface area contributed by atoms with Gasteiger partial charge in [-0.1, -0.05) is 6.07 Å². The predicted molar refractivity (Wildman–Crippen MR) is 84.6 cm³/mol. The first-order valence-electron chi connectivity index (χ1n) is 7.89. The molecule has 0 spiro atoms. The average Bonchev–Trinajstić information content (AvgIpc) is 2.92. The number of rotatable bonds is 4. The Balaban J connectivity index is 1.87. The van der Waals surface area contributed by atoms with Crippen LogP contribution in [-0.4, -0.2) is 40.8 Å². The van der Waals surface area contributed by atoms with Gasteiger partial charge in [0.1, 0.15) is 5.60 Å². The van der Waals surface area contributed by atoms with Crippen LogP contribution in [0.25, 0.3) is 0 Å². The zero-order valence-electron chi connectivity index (χ0n) is 13.9. The van der Waals surface area contributed by atoms with Gasteiger partial charge in [-0.3, -0.25) is 4.98 Å². The van der Waals surface area contributed by atoms with Crippen LogP contribution in [0, 0.1) is 0 Å². The molecule has 0 saturated carbocycles. The molecule has 2 atom stereocenters. The first kappa shape index (κ1) is 16.7. The molecule has 1 aliphatic rings. The Bertz CT molecular complexity index is 484. The van der Waals surface area contributed by atoms with E-state index >= 15 is 0 Å². The van der Waals surface area contributed by atoms with Gasteiger partial charge < -0.3 is 14.4 Å². The maximum atomic E-state index is 12.2. The number of ether oxygens (including phenoxy) is 2. The lowest BCUT2D eigenvalue weighted by Gasteiger charge is -2.29. The van der Waals surface area contributed by atoms with E-state index in [4.69, 9.17) is 9.47 Å². The van der Waals surface area contributed by atoms with Crippen LogP contribution in [0.5, 0.6) is 0 Å². The Morgan fingerprint density at radius 3 is 2.86 bits per heavy atom. The molecule has 0 unspecified atom stereocenters. The lowest BCUT2D eigenvalue weighted by atomic mass is 10.2. The number of hydrogen-bond donors (Lipinski definition) is 0. The van der Waals surface area contributed by atoms with E-state index in [1.807, 2.05) is 45.9 Å². The van der Waals surface area contributed by atoms with E-state index in [0.717, 1.165) is 25.1 Å². The van der Waals surface area contributed by atoms with Crippen LogP contribution in [0.3, 0.4) is 0 Å². The lowest BCUT2D eigenvalue weighted by molar-refractivity contribution is -0.00250. The van der Waals surface area contributed by atoms with E-state index in [1.165, 1.54) is 0 Å². The van der Waals surface area contributed by atoms with Crippen molar-refractivity contribution in [3.05, 3.63) is 30.1 Å². The summed E-state index contributed by atoms with van der Waals surface area (Å²) in [5, 5.41) is 0. The van der Waals surface area contributed by atoms with Gasteiger partial charge in [0.25, 0.3) is 0 Å². The molecular weight excluding hydrogens is 280 g/mol. The second-order valence-electron chi connectivity index (χ2n) is 6.70. The molecule has 1 aliphatic heterocycles. The highest BCUT2D eigenvalue weighted by molar-refractivity contribution is 5.68. The third kappa shape index (κ3) is 4.70. The second kappa shape index (κ2) is 7.09. The third-order valence-corrected chi connectivity index (χ3v) is 3.65. The van der Waals surface area contributed by atoms with Gasteiger partial charge in [-0.05, 0) is 52.7 Å². The summed E-state index contributed by atoms with van der Waals surface area (Å²) in [6.07, 6.45) is 3.38. The summed E-state index contributed by atoms with van der Waals surface area (Å²) < 4.78 is 11.4. The summed E-state index contributed by atoms with van der Waals surface area (Å²) in [7, 11) is 0. The van der Waals surface area contributed by atoms with Crippen molar-refractivity contribution in [1.82, 2.24) is 9.88 Å². The highest BCUT2D eigenvalue weighted by Crippen LogP contribution is 2.23. The molecule has 122 valence electrons. The highest BCUT2D eigenvalue weighted by Gasteiger charge is 2.32. The summed E-state index contributed by atoms with van der Waals surface area (Å²) >= 11 is 0. The van der Waals surface area contributed by atoms with Gasteiger partial charge >= 0.3 is 6.09 Å². The molecule has 2 heterocycles. The maximum Gasteiger partial charge on any atom is 0.410 e. The number of pyridine rings is 1. The van der Waals surface area contributed by atoms with E-state index in [2.05, 4.69) is 4.98 Å². The molecule has 0 N–H and O–H groups in total. The van der Waals surface area contributed by atoms with Crippen molar-refractivity contribution in [2.45, 2.75) is 58.3 Å². The van der Waals surface area contributed by atoms with Crippen molar-refractivity contribution in [2.24, 2.45) is 0 Å². The maximum absolute atomic E-state index is 12.2. The summed E-state index contributed by atoms with van der Waals surface area (Å²) in [5.74, 6) is 0. The standard InChI is InChI=1S/C17H26N2O3/c1-13(15-9-5-6-10-18-15)21-12-14-8-7-11-19(14)16(20)22-17(2,3)4/h5-6,9-10,13-14H,7-8,11-12H2,1-4H3/t13-,14+/m1/s1. The first-order chi connectivity index (χ1) is 10.4. The van der Waals surface area contributed by atoms with E-state index < -0.39 is 5.60 Å². The first-order valence-corrected chi connectivity index (χ1v) is 7.89. The average molecular weight is 306 g/mol. The normalized spacial score (nSPS) is 20.0. The van der Waals surface area contributed by atoms with E-state index in [0.29, 0.717) is 6.61 Å². The van der Waals surface area contributed by atoms with Crippen molar-refractivity contribution < 1.29 is 14.3 Å². The molecule has 0 bridgehead atoms. The molecule has 1 aromatic rings. The topological polar surface area (TPSA) is 51.7 Å². The van der Waals surface area contributed by atoms with Crippen LogP contribution in [0.1, 0.15) is 52.3 Å². The third-order valence-electron chi connectivity index (χ3n) is 3.65. The lowest BCUT2D eigenvalue weighted by Crippen LogP contribution is -2.41. The Labute approximate surface area is 132 Å². The molecule has 1 saturated heterocycles. The largest absolute Gasteiger partial charge is 0.444 e. The molecule has 1 amide bonds. The molecule has 5 nitrogen and oxygen atoms in total. The number of nitrogens with zero attached hydrogens (tertiary/aromatic N) is 2. The molecule has 1 aromatic heterocycles.